The first-order valence-electron chi connectivity index (χ1n) is 7.24. The number of hydrogen-bond donors (Lipinski definition) is 1. The molecule has 5 heteroatoms. The fourth-order valence-corrected chi connectivity index (χ4v) is 1.95. The lowest BCUT2D eigenvalue weighted by Crippen LogP contribution is -2.11. The molecule has 0 atom stereocenters. The molecule has 0 unspecified atom stereocenters. The molecule has 1 heterocycles. The number of rotatable bonds is 8. The van der Waals surface area contributed by atoms with E-state index >= 15 is 0 Å². The van der Waals surface area contributed by atoms with Crippen molar-refractivity contribution in [3.63, 3.8) is 0 Å². The summed E-state index contributed by atoms with van der Waals surface area (Å²) in [6.07, 6.45) is 0. The summed E-state index contributed by atoms with van der Waals surface area (Å²) in [7, 11) is 0. The minimum Gasteiger partial charge on any atom is -0.490 e. The summed E-state index contributed by atoms with van der Waals surface area (Å²) in [5.74, 6) is 2.17. The van der Waals surface area contributed by atoms with Crippen LogP contribution >= 0.6 is 0 Å². The Kier molecular flexibility index (Phi) is 5.63. The summed E-state index contributed by atoms with van der Waals surface area (Å²) >= 11 is 0. The van der Waals surface area contributed by atoms with Crippen LogP contribution in [0.4, 0.5) is 0 Å². The lowest BCUT2D eigenvalue weighted by molar-refractivity contribution is 0.233. The number of nitrogens with zero attached hydrogens (tertiary/aromatic N) is 1. The number of benzene rings is 1. The average Bonchev–Trinajstić information content (AvgIpc) is 2.90. The molecule has 0 bridgehead atoms. The van der Waals surface area contributed by atoms with Crippen LogP contribution < -0.4 is 14.8 Å². The Morgan fingerprint density at radius 3 is 2.67 bits per heavy atom. The van der Waals surface area contributed by atoms with Crippen LogP contribution in [0.2, 0.25) is 0 Å². The highest BCUT2D eigenvalue weighted by molar-refractivity contribution is 5.43. The number of aromatic nitrogens is 1. The minimum absolute atomic E-state index is 0.341. The van der Waals surface area contributed by atoms with E-state index in [2.05, 4.69) is 17.4 Å². The van der Waals surface area contributed by atoms with Gasteiger partial charge >= 0.3 is 0 Å². The maximum atomic E-state index is 5.77. The highest BCUT2D eigenvalue weighted by atomic mass is 16.5. The van der Waals surface area contributed by atoms with Gasteiger partial charge in [0.1, 0.15) is 6.61 Å². The van der Waals surface area contributed by atoms with Gasteiger partial charge in [0.25, 0.3) is 0 Å². The lowest BCUT2D eigenvalue weighted by atomic mass is 10.2. The first-order valence-corrected chi connectivity index (χ1v) is 7.24. The topological polar surface area (TPSA) is 56.5 Å². The first-order chi connectivity index (χ1) is 10.2. The molecular weight excluding hydrogens is 268 g/mol. The molecular formula is C16H22N2O3. The molecule has 0 aliphatic carbocycles. The van der Waals surface area contributed by atoms with Gasteiger partial charge in [0.15, 0.2) is 17.3 Å². The van der Waals surface area contributed by atoms with Gasteiger partial charge in [0, 0.05) is 12.6 Å². The summed E-state index contributed by atoms with van der Waals surface area (Å²) in [6, 6.07) is 7.83. The molecule has 5 nitrogen and oxygen atoms in total. The van der Waals surface area contributed by atoms with Gasteiger partial charge in [0.2, 0.25) is 0 Å². The number of nitrogens with one attached hydrogen (secondary N) is 1. The molecule has 2 rings (SSSR count). The van der Waals surface area contributed by atoms with Gasteiger partial charge in [-0.05, 0) is 38.1 Å². The SMILES string of the molecule is CCNCc1ccc(OCc2cc(C)no2)c(OCC)c1. The zero-order valence-electron chi connectivity index (χ0n) is 12.8. The molecule has 0 aliphatic heterocycles. The third-order valence-electron chi connectivity index (χ3n) is 2.93. The van der Waals surface area contributed by atoms with Gasteiger partial charge in [-0.25, -0.2) is 0 Å². The van der Waals surface area contributed by atoms with E-state index in [1.807, 2.05) is 38.1 Å². The van der Waals surface area contributed by atoms with Crippen LogP contribution in [0.1, 0.15) is 30.9 Å². The molecule has 1 aromatic heterocycles. The van der Waals surface area contributed by atoms with E-state index in [1.54, 1.807) is 0 Å². The fourth-order valence-electron chi connectivity index (χ4n) is 1.95. The van der Waals surface area contributed by atoms with Crippen LogP contribution in [-0.4, -0.2) is 18.3 Å². The Hall–Kier alpha value is -2.01. The summed E-state index contributed by atoms with van der Waals surface area (Å²) < 4.78 is 16.6. The molecule has 0 saturated carbocycles. The molecule has 21 heavy (non-hydrogen) atoms. The van der Waals surface area contributed by atoms with Gasteiger partial charge in [-0.15, -0.1) is 0 Å². The predicted molar refractivity (Wildman–Crippen MR) is 80.6 cm³/mol. The van der Waals surface area contributed by atoms with Crippen molar-refractivity contribution in [2.24, 2.45) is 0 Å². The van der Waals surface area contributed by atoms with E-state index in [-0.39, 0.29) is 0 Å². The predicted octanol–water partition coefficient (Wildman–Crippen LogP) is 3.07. The zero-order valence-corrected chi connectivity index (χ0v) is 12.8. The van der Waals surface area contributed by atoms with Crippen LogP contribution in [0.25, 0.3) is 0 Å². The molecule has 1 N–H and O–H groups in total. The van der Waals surface area contributed by atoms with E-state index < -0.39 is 0 Å². The third kappa shape index (κ3) is 4.49. The summed E-state index contributed by atoms with van der Waals surface area (Å²) in [6.45, 7) is 8.62. The van der Waals surface area contributed by atoms with Crippen molar-refractivity contribution in [1.82, 2.24) is 10.5 Å². The zero-order chi connectivity index (χ0) is 15.1. The van der Waals surface area contributed by atoms with Crippen LogP contribution in [-0.2, 0) is 13.2 Å². The Labute approximate surface area is 125 Å². The standard InChI is InChI=1S/C16H22N2O3/c1-4-17-10-13-6-7-15(16(9-13)19-5-2)20-11-14-8-12(3)18-21-14/h6-9,17H,4-5,10-11H2,1-3H3. The second kappa shape index (κ2) is 7.69. The molecule has 114 valence electrons. The van der Waals surface area contributed by atoms with Gasteiger partial charge in [-0.3, -0.25) is 0 Å². The van der Waals surface area contributed by atoms with Gasteiger partial charge in [0.05, 0.1) is 12.3 Å². The van der Waals surface area contributed by atoms with Crippen molar-refractivity contribution in [2.45, 2.75) is 33.9 Å². The molecule has 0 aliphatic rings. The van der Waals surface area contributed by atoms with Crippen molar-refractivity contribution >= 4 is 0 Å². The number of ether oxygens (including phenoxy) is 2. The summed E-state index contributed by atoms with van der Waals surface area (Å²) in [4.78, 5) is 0. The molecule has 0 amide bonds. The molecule has 0 spiro atoms. The third-order valence-corrected chi connectivity index (χ3v) is 2.93. The maximum Gasteiger partial charge on any atom is 0.174 e. The van der Waals surface area contributed by atoms with E-state index in [4.69, 9.17) is 14.0 Å². The van der Waals surface area contributed by atoms with Gasteiger partial charge in [-0.2, -0.15) is 0 Å². The first kappa shape index (κ1) is 15.4. The van der Waals surface area contributed by atoms with Crippen molar-refractivity contribution in [1.29, 1.82) is 0 Å². The molecule has 1 aromatic carbocycles. The second-order valence-electron chi connectivity index (χ2n) is 4.72. The summed E-state index contributed by atoms with van der Waals surface area (Å²) in [5.41, 5.74) is 2.02. The van der Waals surface area contributed by atoms with Gasteiger partial charge < -0.3 is 19.3 Å². The van der Waals surface area contributed by atoms with Crippen LogP contribution in [0, 0.1) is 6.92 Å². The maximum absolute atomic E-state index is 5.77. The van der Waals surface area contributed by atoms with Crippen molar-refractivity contribution in [2.75, 3.05) is 13.2 Å². The Morgan fingerprint density at radius 1 is 1.14 bits per heavy atom. The van der Waals surface area contributed by atoms with Crippen molar-refractivity contribution in [3.8, 4) is 11.5 Å². The van der Waals surface area contributed by atoms with Crippen LogP contribution in [0.3, 0.4) is 0 Å². The van der Waals surface area contributed by atoms with E-state index in [1.165, 1.54) is 5.56 Å². The number of hydrogen-bond acceptors (Lipinski definition) is 5. The lowest BCUT2D eigenvalue weighted by Gasteiger charge is -2.12. The largest absolute Gasteiger partial charge is 0.490 e. The second-order valence-corrected chi connectivity index (χ2v) is 4.72. The van der Waals surface area contributed by atoms with Crippen LogP contribution in [0.15, 0.2) is 28.8 Å². The fraction of sp³-hybridized carbons (Fsp3) is 0.438. The minimum atomic E-state index is 0.341. The Balaban J connectivity index is 2.06. The molecule has 0 fully saturated rings. The quantitative estimate of drug-likeness (QED) is 0.809. The van der Waals surface area contributed by atoms with E-state index in [0.29, 0.717) is 24.7 Å². The van der Waals surface area contributed by atoms with E-state index in [9.17, 15) is 0 Å². The Bertz CT molecular complexity index is 566. The number of aryl methyl sites for hydroxylation is 1. The molecule has 2 aromatic rings. The highest BCUT2D eigenvalue weighted by Crippen LogP contribution is 2.29. The highest BCUT2D eigenvalue weighted by Gasteiger charge is 2.08. The molecule has 0 radical (unpaired) electrons. The van der Waals surface area contributed by atoms with E-state index in [0.717, 1.165) is 24.5 Å². The van der Waals surface area contributed by atoms with Crippen molar-refractivity contribution < 1.29 is 14.0 Å². The monoisotopic (exact) mass is 290 g/mol. The smallest absolute Gasteiger partial charge is 0.174 e. The van der Waals surface area contributed by atoms with Crippen LogP contribution in [0.5, 0.6) is 11.5 Å². The average molecular weight is 290 g/mol. The Morgan fingerprint density at radius 2 is 2.00 bits per heavy atom. The van der Waals surface area contributed by atoms with Crippen molar-refractivity contribution in [3.05, 3.63) is 41.3 Å². The summed E-state index contributed by atoms with van der Waals surface area (Å²) in [5, 5.41) is 7.14. The molecule has 0 saturated heterocycles. The normalized spacial score (nSPS) is 10.6. The van der Waals surface area contributed by atoms with Gasteiger partial charge in [-0.1, -0.05) is 18.1 Å².